The standard InChI is InChI=1S/C20H24N2O3S/c23-19(10-7-17-4-3-13-21-15-17)14-16-8-11-20(12-9-16)26(24,25)22-18-5-1-2-6-18/h3-4,8-9,11-13,15,18,22H,1-2,5-7,10,14H2. The summed E-state index contributed by atoms with van der Waals surface area (Å²) in [5.41, 5.74) is 1.88. The van der Waals surface area contributed by atoms with Crippen molar-refractivity contribution in [3.63, 3.8) is 0 Å². The lowest BCUT2D eigenvalue weighted by Gasteiger charge is -2.12. The quantitative estimate of drug-likeness (QED) is 0.773. The van der Waals surface area contributed by atoms with Gasteiger partial charge in [-0.15, -0.1) is 0 Å². The Hall–Kier alpha value is -2.05. The summed E-state index contributed by atoms with van der Waals surface area (Å²) in [7, 11) is -3.48. The minimum Gasteiger partial charge on any atom is -0.299 e. The molecule has 0 amide bonds. The highest BCUT2D eigenvalue weighted by Crippen LogP contribution is 2.20. The minimum absolute atomic E-state index is 0.0498. The zero-order chi connectivity index (χ0) is 18.4. The topological polar surface area (TPSA) is 76.1 Å². The molecule has 1 aromatic carbocycles. The smallest absolute Gasteiger partial charge is 0.240 e. The molecule has 1 aromatic heterocycles. The molecule has 1 saturated carbocycles. The second kappa shape index (κ2) is 8.56. The number of carbonyl (C=O) groups excluding carboxylic acids is 1. The molecule has 138 valence electrons. The van der Waals surface area contributed by atoms with Gasteiger partial charge in [-0.1, -0.05) is 31.0 Å². The molecule has 1 heterocycles. The van der Waals surface area contributed by atoms with Crippen LogP contribution in [0.2, 0.25) is 0 Å². The van der Waals surface area contributed by atoms with Gasteiger partial charge < -0.3 is 0 Å². The number of nitrogens with zero attached hydrogens (tertiary/aromatic N) is 1. The normalized spacial score (nSPS) is 15.2. The van der Waals surface area contributed by atoms with E-state index >= 15 is 0 Å². The summed E-state index contributed by atoms with van der Waals surface area (Å²) in [6, 6.07) is 10.5. The predicted molar refractivity (Wildman–Crippen MR) is 100 cm³/mol. The van der Waals surface area contributed by atoms with Crippen LogP contribution in [0.25, 0.3) is 0 Å². The van der Waals surface area contributed by atoms with Gasteiger partial charge >= 0.3 is 0 Å². The number of aromatic nitrogens is 1. The van der Waals surface area contributed by atoms with Gasteiger partial charge in [0.1, 0.15) is 5.78 Å². The Morgan fingerprint density at radius 1 is 1.08 bits per heavy atom. The maximum atomic E-state index is 12.4. The van der Waals surface area contributed by atoms with E-state index in [0.717, 1.165) is 36.8 Å². The Morgan fingerprint density at radius 2 is 1.81 bits per heavy atom. The van der Waals surface area contributed by atoms with Crippen LogP contribution < -0.4 is 4.72 Å². The van der Waals surface area contributed by atoms with Crippen molar-refractivity contribution in [1.29, 1.82) is 0 Å². The first kappa shape index (κ1) is 18.7. The van der Waals surface area contributed by atoms with Crippen LogP contribution in [0.15, 0.2) is 53.7 Å². The van der Waals surface area contributed by atoms with Crippen LogP contribution in [0.3, 0.4) is 0 Å². The summed E-state index contributed by atoms with van der Waals surface area (Å²) in [5.74, 6) is 0.133. The van der Waals surface area contributed by atoms with Crippen LogP contribution in [0.1, 0.15) is 43.2 Å². The number of hydrogen-bond donors (Lipinski definition) is 1. The molecule has 0 radical (unpaired) electrons. The average molecular weight is 372 g/mol. The van der Waals surface area contributed by atoms with Gasteiger partial charge in [0.2, 0.25) is 10.0 Å². The van der Waals surface area contributed by atoms with E-state index in [1.54, 1.807) is 36.7 Å². The summed E-state index contributed by atoms with van der Waals surface area (Å²) in [4.78, 5) is 16.4. The monoisotopic (exact) mass is 372 g/mol. The molecular weight excluding hydrogens is 348 g/mol. The van der Waals surface area contributed by atoms with E-state index in [-0.39, 0.29) is 16.7 Å². The fourth-order valence-electron chi connectivity index (χ4n) is 3.26. The Morgan fingerprint density at radius 3 is 2.46 bits per heavy atom. The summed E-state index contributed by atoms with van der Waals surface area (Å²) in [6.45, 7) is 0. The van der Waals surface area contributed by atoms with Gasteiger partial charge in [0.05, 0.1) is 4.90 Å². The number of ketones is 1. The minimum atomic E-state index is -3.48. The number of pyridine rings is 1. The van der Waals surface area contributed by atoms with Crippen molar-refractivity contribution in [2.24, 2.45) is 0 Å². The largest absolute Gasteiger partial charge is 0.299 e. The van der Waals surface area contributed by atoms with Crippen molar-refractivity contribution in [2.45, 2.75) is 55.9 Å². The number of Topliss-reactive ketones (excluding diaryl/α,β-unsaturated/α-hetero) is 1. The molecule has 2 aromatic rings. The molecular formula is C20H24N2O3S. The van der Waals surface area contributed by atoms with Crippen LogP contribution >= 0.6 is 0 Å². The van der Waals surface area contributed by atoms with Crippen LogP contribution in [-0.2, 0) is 27.7 Å². The predicted octanol–water partition coefficient (Wildman–Crippen LogP) is 3.05. The Labute approximate surface area is 154 Å². The molecule has 0 saturated heterocycles. The summed E-state index contributed by atoms with van der Waals surface area (Å²) in [6.07, 6.45) is 8.88. The molecule has 0 unspecified atom stereocenters. The third-order valence-corrected chi connectivity index (χ3v) is 6.26. The van der Waals surface area contributed by atoms with Crippen molar-refractivity contribution in [2.75, 3.05) is 0 Å². The summed E-state index contributed by atoms with van der Waals surface area (Å²) >= 11 is 0. The third kappa shape index (κ3) is 5.22. The van der Waals surface area contributed by atoms with Crippen molar-refractivity contribution in [1.82, 2.24) is 9.71 Å². The van der Waals surface area contributed by atoms with E-state index in [0.29, 0.717) is 19.3 Å². The second-order valence-electron chi connectivity index (χ2n) is 6.82. The molecule has 5 nitrogen and oxygen atoms in total. The number of aryl methyl sites for hydroxylation is 1. The first-order chi connectivity index (χ1) is 12.5. The molecule has 6 heteroatoms. The molecule has 3 rings (SSSR count). The molecule has 1 aliphatic carbocycles. The summed E-state index contributed by atoms with van der Waals surface area (Å²) < 4.78 is 27.6. The van der Waals surface area contributed by atoms with Crippen LogP contribution in [0, 0.1) is 0 Å². The molecule has 1 aliphatic rings. The zero-order valence-corrected chi connectivity index (χ0v) is 15.5. The van der Waals surface area contributed by atoms with E-state index < -0.39 is 10.0 Å². The number of sulfonamides is 1. The van der Waals surface area contributed by atoms with E-state index in [1.807, 2.05) is 12.1 Å². The number of rotatable bonds is 8. The van der Waals surface area contributed by atoms with Gasteiger partial charge in [0.15, 0.2) is 0 Å². The van der Waals surface area contributed by atoms with Gasteiger partial charge in [-0.05, 0) is 48.6 Å². The zero-order valence-electron chi connectivity index (χ0n) is 14.7. The van der Waals surface area contributed by atoms with Crippen LogP contribution in [0.5, 0.6) is 0 Å². The molecule has 0 aliphatic heterocycles. The first-order valence-corrected chi connectivity index (χ1v) is 10.5. The highest BCUT2D eigenvalue weighted by atomic mass is 32.2. The van der Waals surface area contributed by atoms with Crippen molar-refractivity contribution in [3.05, 3.63) is 59.9 Å². The molecule has 0 bridgehead atoms. The Bertz CT molecular complexity index is 827. The maximum Gasteiger partial charge on any atom is 0.240 e. The van der Waals surface area contributed by atoms with Crippen molar-refractivity contribution < 1.29 is 13.2 Å². The fraction of sp³-hybridized carbons (Fsp3) is 0.400. The number of hydrogen-bond acceptors (Lipinski definition) is 4. The third-order valence-electron chi connectivity index (χ3n) is 4.73. The molecule has 1 N–H and O–H groups in total. The van der Waals surface area contributed by atoms with E-state index in [2.05, 4.69) is 9.71 Å². The molecule has 0 atom stereocenters. The Kier molecular flexibility index (Phi) is 6.16. The SMILES string of the molecule is O=C(CCc1cccnc1)Cc1ccc(S(=O)(=O)NC2CCCC2)cc1. The Balaban J connectivity index is 1.54. The van der Waals surface area contributed by atoms with Crippen LogP contribution in [-0.4, -0.2) is 25.2 Å². The van der Waals surface area contributed by atoms with Gasteiger partial charge in [0, 0.05) is 31.3 Å². The lowest BCUT2D eigenvalue weighted by Crippen LogP contribution is -2.32. The summed E-state index contributed by atoms with van der Waals surface area (Å²) in [5, 5.41) is 0. The second-order valence-corrected chi connectivity index (χ2v) is 8.54. The molecule has 26 heavy (non-hydrogen) atoms. The molecule has 0 spiro atoms. The fourth-order valence-corrected chi connectivity index (χ4v) is 4.57. The number of benzene rings is 1. The number of carbonyl (C=O) groups is 1. The van der Waals surface area contributed by atoms with Gasteiger partial charge in [0.25, 0.3) is 0 Å². The van der Waals surface area contributed by atoms with Gasteiger partial charge in [-0.3, -0.25) is 9.78 Å². The van der Waals surface area contributed by atoms with Gasteiger partial charge in [-0.25, -0.2) is 13.1 Å². The number of nitrogens with one attached hydrogen (secondary N) is 1. The average Bonchev–Trinajstić information content (AvgIpc) is 3.14. The molecule has 1 fully saturated rings. The highest BCUT2D eigenvalue weighted by Gasteiger charge is 2.22. The van der Waals surface area contributed by atoms with Crippen LogP contribution in [0.4, 0.5) is 0 Å². The van der Waals surface area contributed by atoms with Gasteiger partial charge in [-0.2, -0.15) is 0 Å². The van der Waals surface area contributed by atoms with E-state index in [9.17, 15) is 13.2 Å². The van der Waals surface area contributed by atoms with Crippen molar-refractivity contribution in [3.8, 4) is 0 Å². The van der Waals surface area contributed by atoms with Crippen molar-refractivity contribution >= 4 is 15.8 Å². The highest BCUT2D eigenvalue weighted by molar-refractivity contribution is 7.89. The lowest BCUT2D eigenvalue weighted by atomic mass is 10.0. The lowest BCUT2D eigenvalue weighted by molar-refractivity contribution is -0.118. The first-order valence-electron chi connectivity index (χ1n) is 9.05. The van der Waals surface area contributed by atoms with E-state index in [1.165, 1.54) is 0 Å². The van der Waals surface area contributed by atoms with E-state index in [4.69, 9.17) is 0 Å². The maximum absolute atomic E-state index is 12.4.